The number of amides is 1. The summed E-state index contributed by atoms with van der Waals surface area (Å²) in [7, 11) is 0. The number of hydrogen-bond acceptors (Lipinski definition) is 5. The van der Waals surface area contributed by atoms with E-state index in [-0.39, 0.29) is 18.5 Å². The lowest BCUT2D eigenvalue weighted by molar-refractivity contribution is 0.0952. The van der Waals surface area contributed by atoms with Gasteiger partial charge < -0.3 is 9.73 Å². The van der Waals surface area contributed by atoms with Crippen LogP contribution in [-0.2, 0) is 6.54 Å². The van der Waals surface area contributed by atoms with E-state index < -0.39 is 0 Å². The molecule has 0 saturated heterocycles. The Morgan fingerprint density at radius 1 is 1.03 bits per heavy atom. The number of aryl methyl sites for hydroxylation is 1. The molecule has 1 amide bonds. The highest BCUT2D eigenvalue weighted by Gasteiger charge is 2.19. The minimum absolute atomic E-state index is 0.112. The van der Waals surface area contributed by atoms with E-state index in [1.807, 2.05) is 86.1 Å². The molecule has 7 heteroatoms. The predicted octanol–water partition coefficient (Wildman–Crippen LogP) is 5.57. The first-order chi connectivity index (χ1) is 16.5. The van der Waals surface area contributed by atoms with Gasteiger partial charge in [-0.25, -0.2) is 14.6 Å². The summed E-state index contributed by atoms with van der Waals surface area (Å²) in [5.74, 6) is 0.310. The molecule has 2 aromatic carbocycles. The Hall–Kier alpha value is -4.26. The van der Waals surface area contributed by atoms with E-state index >= 15 is 0 Å². The van der Waals surface area contributed by atoms with Gasteiger partial charge in [0.25, 0.3) is 5.91 Å². The van der Waals surface area contributed by atoms with Crippen molar-refractivity contribution in [3.05, 3.63) is 89.9 Å². The molecule has 0 saturated carbocycles. The molecule has 0 radical (unpaired) electrons. The van der Waals surface area contributed by atoms with Crippen LogP contribution in [0.1, 0.15) is 41.5 Å². The molecule has 0 spiro atoms. The maximum absolute atomic E-state index is 13.3. The maximum Gasteiger partial charge on any atom is 0.252 e. The SMILES string of the molecule is Cc1ccc(-c2cc(C(=O)NCc3coc(-c4ccccc4)n3)c3cnn(C(C)C)c3n2)cc1. The van der Waals surface area contributed by atoms with Crippen LogP contribution in [-0.4, -0.2) is 25.7 Å². The van der Waals surface area contributed by atoms with E-state index in [9.17, 15) is 4.79 Å². The molecule has 170 valence electrons. The summed E-state index contributed by atoms with van der Waals surface area (Å²) in [4.78, 5) is 22.6. The van der Waals surface area contributed by atoms with E-state index in [2.05, 4.69) is 15.4 Å². The number of hydrogen-bond donors (Lipinski definition) is 1. The zero-order valence-corrected chi connectivity index (χ0v) is 19.3. The molecule has 0 aliphatic carbocycles. The topological polar surface area (TPSA) is 85.8 Å². The van der Waals surface area contributed by atoms with E-state index in [1.54, 1.807) is 12.5 Å². The van der Waals surface area contributed by atoms with Gasteiger partial charge in [-0.2, -0.15) is 5.10 Å². The highest BCUT2D eigenvalue weighted by molar-refractivity contribution is 6.06. The highest BCUT2D eigenvalue weighted by atomic mass is 16.3. The Labute approximate surface area is 197 Å². The Morgan fingerprint density at radius 2 is 1.79 bits per heavy atom. The highest BCUT2D eigenvalue weighted by Crippen LogP contribution is 2.27. The van der Waals surface area contributed by atoms with Crippen molar-refractivity contribution in [3.8, 4) is 22.7 Å². The van der Waals surface area contributed by atoms with Crippen LogP contribution in [0.15, 0.2) is 77.5 Å². The number of benzene rings is 2. The fourth-order valence-electron chi connectivity index (χ4n) is 3.82. The molecule has 1 N–H and O–H groups in total. The summed E-state index contributed by atoms with van der Waals surface area (Å²) < 4.78 is 7.43. The number of nitrogens with zero attached hydrogens (tertiary/aromatic N) is 4. The summed E-state index contributed by atoms with van der Waals surface area (Å²) in [6, 6.07) is 19.7. The maximum atomic E-state index is 13.3. The van der Waals surface area contributed by atoms with Crippen LogP contribution < -0.4 is 5.32 Å². The molecule has 34 heavy (non-hydrogen) atoms. The minimum atomic E-state index is -0.215. The van der Waals surface area contributed by atoms with Crippen molar-refractivity contribution in [1.29, 1.82) is 0 Å². The van der Waals surface area contributed by atoms with Gasteiger partial charge in [0.15, 0.2) is 5.65 Å². The molecule has 7 nitrogen and oxygen atoms in total. The van der Waals surface area contributed by atoms with Crippen molar-refractivity contribution in [1.82, 2.24) is 25.1 Å². The van der Waals surface area contributed by atoms with E-state index in [0.717, 1.165) is 22.4 Å². The molecule has 5 rings (SSSR count). The lowest BCUT2D eigenvalue weighted by atomic mass is 10.1. The van der Waals surface area contributed by atoms with Gasteiger partial charge in [-0.15, -0.1) is 0 Å². The number of aromatic nitrogens is 4. The number of carbonyl (C=O) groups excluding carboxylic acids is 1. The Kier molecular flexibility index (Phi) is 5.67. The van der Waals surface area contributed by atoms with Crippen LogP contribution in [0.4, 0.5) is 0 Å². The number of rotatable bonds is 6. The average Bonchev–Trinajstić information content (AvgIpc) is 3.50. The molecule has 3 heterocycles. The third-order valence-corrected chi connectivity index (χ3v) is 5.65. The zero-order chi connectivity index (χ0) is 23.7. The van der Waals surface area contributed by atoms with E-state index in [4.69, 9.17) is 9.40 Å². The van der Waals surface area contributed by atoms with Gasteiger partial charge >= 0.3 is 0 Å². The first-order valence-corrected chi connectivity index (χ1v) is 11.2. The Bertz CT molecular complexity index is 1450. The Balaban J connectivity index is 1.45. The number of pyridine rings is 1. The van der Waals surface area contributed by atoms with Crippen molar-refractivity contribution in [3.63, 3.8) is 0 Å². The molecular weight excluding hydrogens is 426 g/mol. The molecule has 0 aliphatic rings. The minimum Gasteiger partial charge on any atom is -0.444 e. The summed E-state index contributed by atoms with van der Waals surface area (Å²) in [5, 5.41) is 8.18. The molecule has 0 aliphatic heterocycles. The van der Waals surface area contributed by atoms with Crippen LogP contribution in [0.25, 0.3) is 33.7 Å². The summed E-state index contributed by atoms with van der Waals surface area (Å²) >= 11 is 0. The van der Waals surface area contributed by atoms with Crippen molar-refractivity contribution < 1.29 is 9.21 Å². The molecule has 0 bridgehead atoms. The van der Waals surface area contributed by atoms with Crippen molar-refractivity contribution in [2.75, 3.05) is 0 Å². The molecule has 0 fully saturated rings. The molecular formula is C27H25N5O2. The first-order valence-electron chi connectivity index (χ1n) is 11.2. The first kappa shape index (κ1) is 21.6. The van der Waals surface area contributed by atoms with Crippen LogP contribution in [0, 0.1) is 6.92 Å². The standard InChI is InChI=1S/C27H25N5O2/c1-17(2)32-25-23(15-29-32)22(13-24(31-25)19-11-9-18(3)10-12-19)26(33)28-14-21-16-34-27(30-21)20-7-5-4-6-8-20/h4-13,15-17H,14H2,1-3H3,(H,28,33). The van der Waals surface area contributed by atoms with E-state index in [1.165, 1.54) is 0 Å². The quantitative estimate of drug-likeness (QED) is 0.365. The van der Waals surface area contributed by atoms with Gasteiger partial charge in [-0.05, 0) is 39.0 Å². The van der Waals surface area contributed by atoms with Gasteiger partial charge in [-0.3, -0.25) is 4.79 Å². The van der Waals surface area contributed by atoms with Gasteiger partial charge in [0.1, 0.15) is 6.26 Å². The van der Waals surface area contributed by atoms with Crippen LogP contribution in [0.3, 0.4) is 0 Å². The molecule has 5 aromatic rings. The second kappa shape index (κ2) is 8.94. The fourth-order valence-corrected chi connectivity index (χ4v) is 3.82. The number of nitrogens with one attached hydrogen (secondary N) is 1. The van der Waals surface area contributed by atoms with Crippen molar-refractivity contribution in [2.24, 2.45) is 0 Å². The Morgan fingerprint density at radius 3 is 2.53 bits per heavy atom. The van der Waals surface area contributed by atoms with Crippen LogP contribution in [0.5, 0.6) is 0 Å². The van der Waals surface area contributed by atoms with Crippen LogP contribution in [0.2, 0.25) is 0 Å². The summed E-state index contributed by atoms with van der Waals surface area (Å²) in [6.07, 6.45) is 3.28. The van der Waals surface area contributed by atoms with Gasteiger partial charge in [-0.1, -0.05) is 48.0 Å². The normalized spacial score (nSPS) is 11.3. The second-order valence-electron chi connectivity index (χ2n) is 8.53. The zero-order valence-electron chi connectivity index (χ0n) is 19.3. The number of oxazole rings is 1. The van der Waals surface area contributed by atoms with Crippen LogP contribution >= 0.6 is 0 Å². The number of carbonyl (C=O) groups is 1. The largest absolute Gasteiger partial charge is 0.444 e. The smallest absolute Gasteiger partial charge is 0.252 e. The predicted molar refractivity (Wildman–Crippen MR) is 131 cm³/mol. The third kappa shape index (κ3) is 4.20. The lowest BCUT2D eigenvalue weighted by Crippen LogP contribution is -2.23. The molecule has 0 atom stereocenters. The van der Waals surface area contributed by atoms with Gasteiger partial charge in [0, 0.05) is 17.2 Å². The second-order valence-corrected chi connectivity index (χ2v) is 8.53. The monoisotopic (exact) mass is 451 g/mol. The van der Waals surface area contributed by atoms with E-state index in [0.29, 0.717) is 28.2 Å². The number of fused-ring (bicyclic) bond motifs is 1. The van der Waals surface area contributed by atoms with Crippen molar-refractivity contribution >= 4 is 16.9 Å². The average molecular weight is 452 g/mol. The van der Waals surface area contributed by atoms with Gasteiger partial charge in [0.2, 0.25) is 5.89 Å². The third-order valence-electron chi connectivity index (χ3n) is 5.65. The summed E-state index contributed by atoms with van der Waals surface area (Å²) in [6.45, 7) is 6.38. The fraction of sp³-hybridized carbons (Fsp3) is 0.185. The summed E-state index contributed by atoms with van der Waals surface area (Å²) in [5.41, 5.74) is 5.59. The molecule has 3 aromatic heterocycles. The molecule has 0 unspecified atom stereocenters. The van der Waals surface area contributed by atoms with Crippen molar-refractivity contribution in [2.45, 2.75) is 33.4 Å². The van der Waals surface area contributed by atoms with Gasteiger partial charge in [0.05, 0.1) is 35.1 Å². The lowest BCUT2D eigenvalue weighted by Gasteiger charge is -2.11.